The van der Waals surface area contributed by atoms with Crippen LogP contribution in [0.1, 0.15) is 22.8 Å². The molecule has 0 atom stereocenters. The number of carboxylic acid groups (broad SMARTS) is 1. The molecule has 0 aliphatic rings. The molecule has 3 N–H and O–H groups in total. The smallest absolute Gasteiger partial charge is 0.328 e. The van der Waals surface area contributed by atoms with Gasteiger partial charge >= 0.3 is 5.97 Å². The molecule has 1 rings (SSSR count). The van der Waals surface area contributed by atoms with E-state index in [0.29, 0.717) is 0 Å². The second kappa shape index (κ2) is 7.78. The molecule has 0 aromatic heterocycles. The van der Waals surface area contributed by atoms with Crippen LogP contribution in [0.3, 0.4) is 0 Å². The Bertz CT molecular complexity index is 584. The lowest BCUT2D eigenvalue weighted by Crippen LogP contribution is -2.33. The van der Waals surface area contributed by atoms with Crippen LogP contribution >= 0.6 is 0 Å². The Hall–Kier alpha value is -2.70. The fourth-order valence-corrected chi connectivity index (χ4v) is 1.48. The molecule has 0 spiro atoms. The summed E-state index contributed by atoms with van der Waals surface area (Å²) in [5.41, 5.74) is 0.190. The summed E-state index contributed by atoms with van der Waals surface area (Å²) in [5, 5.41) is 13.5. The average molecular weight is 294 g/mol. The summed E-state index contributed by atoms with van der Waals surface area (Å²) in [6, 6.07) is 3.73. The normalized spacial score (nSPS) is 10.4. The van der Waals surface area contributed by atoms with Gasteiger partial charge in [-0.25, -0.2) is 9.18 Å². The number of amides is 2. The third kappa shape index (κ3) is 5.85. The molecular formula is C14H15FN2O4. The third-order valence-corrected chi connectivity index (χ3v) is 2.45. The van der Waals surface area contributed by atoms with Crippen molar-refractivity contribution in [2.24, 2.45) is 0 Å². The van der Waals surface area contributed by atoms with Crippen LogP contribution in [0.5, 0.6) is 0 Å². The van der Waals surface area contributed by atoms with Gasteiger partial charge in [0, 0.05) is 37.2 Å². The van der Waals surface area contributed by atoms with Crippen LogP contribution in [0.4, 0.5) is 4.39 Å². The van der Waals surface area contributed by atoms with E-state index < -0.39 is 17.7 Å². The number of halogens is 1. The Morgan fingerprint density at radius 2 is 1.90 bits per heavy atom. The molecule has 0 radical (unpaired) electrons. The van der Waals surface area contributed by atoms with Crippen molar-refractivity contribution in [1.29, 1.82) is 0 Å². The molecule has 1 aromatic rings. The zero-order valence-corrected chi connectivity index (χ0v) is 11.4. The lowest BCUT2D eigenvalue weighted by molar-refractivity contribution is -0.131. The molecule has 0 unspecified atom stereocenters. The van der Waals surface area contributed by atoms with E-state index in [1.165, 1.54) is 19.1 Å². The predicted molar refractivity (Wildman–Crippen MR) is 74.1 cm³/mol. The second-order valence-corrected chi connectivity index (χ2v) is 4.15. The number of benzene rings is 1. The number of hydrogen-bond donors (Lipinski definition) is 3. The summed E-state index contributed by atoms with van der Waals surface area (Å²) in [6.45, 7) is 1.87. The Balaban J connectivity index is 2.63. The first-order valence-electron chi connectivity index (χ1n) is 6.13. The van der Waals surface area contributed by atoms with Gasteiger partial charge in [0.1, 0.15) is 5.82 Å². The topological polar surface area (TPSA) is 95.5 Å². The number of nitrogens with one attached hydrogen (secondary N) is 2. The van der Waals surface area contributed by atoms with Crippen molar-refractivity contribution in [3.63, 3.8) is 0 Å². The second-order valence-electron chi connectivity index (χ2n) is 4.15. The summed E-state index contributed by atoms with van der Waals surface area (Å²) < 4.78 is 13.7. The van der Waals surface area contributed by atoms with Gasteiger partial charge in [-0.1, -0.05) is 6.07 Å². The Morgan fingerprint density at radius 1 is 1.24 bits per heavy atom. The van der Waals surface area contributed by atoms with Crippen molar-refractivity contribution >= 4 is 23.9 Å². The molecule has 0 bridgehead atoms. The van der Waals surface area contributed by atoms with Crippen LogP contribution in [-0.4, -0.2) is 36.0 Å². The first-order chi connectivity index (χ1) is 9.90. The van der Waals surface area contributed by atoms with Crippen molar-refractivity contribution in [2.45, 2.75) is 6.92 Å². The molecule has 0 fully saturated rings. The molecule has 0 aliphatic carbocycles. The Kier molecular flexibility index (Phi) is 6.06. The van der Waals surface area contributed by atoms with Crippen LogP contribution in [-0.2, 0) is 9.59 Å². The van der Waals surface area contributed by atoms with E-state index in [4.69, 9.17) is 5.11 Å². The molecule has 7 heteroatoms. The van der Waals surface area contributed by atoms with Gasteiger partial charge in [0.2, 0.25) is 5.91 Å². The maximum Gasteiger partial charge on any atom is 0.328 e. The van der Waals surface area contributed by atoms with Crippen molar-refractivity contribution < 1.29 is 23.9 Å². The maximum atomic E-state index is 13.7. The van der Waals surface area contributed by atoms with Crippen LogP contribution in [0.2, 0.25) is 0 Å². The first-order valence-corrected chi connectivity index (χ1v) is 6.13. The highest BCUT2D eigenvalue weighted by Gasteiger charge is 2.08. The molecule has 0 saturated heterocycles. The highest BCUT2D eigenvalue weighted by molar-refractivity contribution is 5.94. The molecule has 21 heavy (non-hydrogen) atoms. The van der Waals surface area contributed by atoms with E-state index in [9.17, 15) is 18.8 Å². The largest absolute Gasteiger partial charge is 0.478 e. The van der Waals surface area contributed by atoms with Crippen molar-refractivity contribution in [1.82, 2.24) is 10.6 Å². The summed E-state index contributed by atoms with van der Waals surface area (Å²) in [4.78, 5) is 32.7. The highest BCUT2D eigenvalue weighted by Crippen LogP contribution is 2.12. The quantitative estimate of drug-likeness (QED) is 0.534. The zero-order chi connectivity index (χ0) is 15.8. The summed E-state index contributed by atoms with van der Waals surface area (Å²) in [6.07, 6.45) is 1.92. The summed E-state index contributed by atoms with van der Waals surface area (Å²) >= 11 is 0. The maximum absolute atomic E-state index is 13.7. The van der Waals surface area contributed by atoms with E-state index >= 15 is 0 Å². The minimum Gasteiger partial charge on any atom is -0.478 e. The number of aliphatic carboxylic acids is 1. The highest BCUT2D eigenvalue weighted by atomic mass is 19.1. The molecule has 112 valence electrons. The van der Waals surface area contributed by atoms with Crippen LogP contribution in [0.25, 0.3) is 6.08 Å². The van der Waals surface area contributed by atoms with Crippen molar-refractivity contribution in [3.8, 4) is 0 Å². The number of carbonyl (C=O) groups is 3. The fraction of sp³-hybridized carbons (Fsp3) is 0.214. The molecule has 0 aliphatic heterocycles. The van der Waals surface area contributed by atoms with Crippen molar-refractivity contribution in [2.75, 3.05) is 13.1 Å². The minimum absolute atomic E-state index is 0.0761. The summed E-state index contributed by atoms with van der Waals surface area (Å²) in [7, 11) is 0. The van der Waals surface area contributed by atoms with E-state index in [1.54, 1.807) is 0 Å². The Morgan fingerprint density at radius 3 is 2.48 bits per heavy atom. The standard InChI is InChI=1S/C14H15FN2O4/c1-9(18)16-6-7-17-14(21)11-3-2-10(12(15)8-11)4-5-13(19)20/h2-5,8H,6-7H2,1H3,(H,16,18)(H,17,21)(H,19,20). The SMILES string of the molecule is CC(=O)NCCNC(=O)c1ccc(C=CC(=O)O)c(F)c1. The molecule has 6 nitrogen and oxygen atoms in total. The monoisotopic (exact) mass is 294 g/mol. The predicted octanol–water partition coefficient (Wildman–Crippen LogP) is 0.789. The van der Waals surface area contributed by atoms with Crippen molar-refractivity contribution in [3.05, 3.63) is 41.2 Å². The van der Waals surface area contributed by atoms with E-state index in [0.717, 1.165) is 18.2 Å². The Labute approximate surface area is 120 Å². The first kappa shape index (κ1) is 16.4. The number of carbonyl (C=O) groups excluding carboxylic acids is 2. The molecular weight excluding hydrogens is 279 g/mol. The van der Waals surface area contributed by atoms with Gasteiger partial charge in [-0.05, 0) is 18.2 Å². The van der Waals surface area contributed by atoms with Gasteiger partial charge in [0.25, 0.3) is 5.91 Å². The molecule has 1 aromatic carbocycles. The van der Waals surface area contributed by atoms with Gasteiger partial charge in [-0.3, -0.25) is 9.59 Å². The summed E-state index contributed by atoms with van der Waals surface area (Å²) in [5.74, 6) is -2.56. The van der Waals surface area contributed by atoms with Gasteiger partial charge < -0.3 is 15.7 Å². The number of carboxylic acids is 1. The van der Waals surface area contributed by atoms with Gasteiger partial charge in [0.15, 0.2) is 0 Å². The van der Waals surface area contributed by atoms with Gasteiger partial charge in [0.05, 0.1) is 0 Å². The van der Waals surface area contributed by atoms with Crippen LogP contribution in [0.15, 0.2) is 24.3 Å². The third-order valence-electron chi connectivity index (χ3n) is 2.45. The average Bonchev–Trinajstić information content (AvgIpc) is 2.41. The molecule has 0 heterocycles. The zero-order valence-electron chi connectivity index (χ0n) is 11.4. The minimum atomic E-state index is -1.19. The van der Waals surface area contributed by atoms with E-state index in [2.05, 4.69) is 10.6 Å². The number of hydrogen-bond acceptors (Lipinski definition) is 3. The lowest BCUT2D eigenvalue weighted by atomic mass is 10.1. The molecule has 0 saturated carbocycles. The van der Waals surface area contributed by atoms with Crippen LogP contribution in [0, 0.1) is 5.82 Å². The van der Waals surface area contributed by atoms with E-state index in [-0.39, 0.29) is 30.1 Å². The molecule has 2 amide bonds. The fourth-order valence-electron chi connectivity index (χ4n) is 1.48. The van der Waals surface area contributed by atoms with Gasteiger partial charge in [-0.2, -0.15) is 0 Å². The van der Waals surface area contributed by atoms with E-state index in [1.807, 2.05) is 0 Å². The lowest BCUT2D eigenvalue weighted by Gasteiger charge is -2.06. The van der Waals surface area contributed by atoms with Gasteiger partial charge in [-0.15, -0.1) is 0 Å². The van der Waals surface area contributed by atoms with Crippen LogP contribution < -0.4 is 10.6 Å². The number of rotatable bonds is 6.